The van der Waals surface area contributed by atoms with Gasteiger partial charge in [-0.2, -0.15) is 0 Å². The van der Waals surface area contributed by atoms with Crippen molar-refractivity contribution in [2.75, 3.05) is 0 Å². The van der Waals surface area contributed by atoms with Crippen molar-refractivity contribution in [3.63, 3.8) is 0 Å². The fourth-order valence-electron chi connectivity index (χ4n) is 3.27. The molecule has 1 aliphatic rings. The van der Waals surface area contributed by atoms with Gasteiger partial charge in [0.05, 0.1) is 0 Å². The molecule has 0 saturated heterocycles. The van der Waals surface area contributed by atoms with Gasteiger partial charge in [-0.1, -0.05) is 63.9 Å². The summed E-state index contributed by atoms with van der Waals surface area (Å²) in [5, 5.41) is 9.32. The molecule has 1 N–H and O–H groups in total. The minimum atomic E-state index is -0.478. The second-order valence-corrected chi connectivity index (χ2v) is 6.17. The molecule has 0 bridgehead atoms. The van der Waals surface area contributed by atoms with E-state index in [-0.39, 0.29) is 5.75 Å². The van der Waals surface area contributed by atoms with E-state index in [2.05, 4.69) is 0 Å². The monoisotopic (exact) mass is 278 g/mol. The third-order valence-electron chi connectivity index (χ3n) is 4.55. The number of benzene rings is 1. The second kappa shape index (κ2) is 8.28. The number of phenolic OH excluding ortho intramolecular Hbond substituents is 1. The van der Waals surface area contributed by atoms with Gasteiger partial charge in [-0.15, -0.1) is 0 Å². The summed E-state index contributed by atoms with van der Waals surface area (Å²) in [4.78, 5) is 0. The quantitative estimate of drug-likeness (QED) is 0.676. The van der Waals surface area contributed by atoms with Crippen molar-refractivity contribution in [2.45, 2.75) is 76.5 Å². The predicted molar refractivity (Wildman–Crippen MR) is 81.6 cm³/mol. The van der Waals surface area contributed by atoms with Crippen LogP contribution in [-0.2, 0) is 0 Å². The SMILES string of the molecule is Oc1ccc(C2CCCCCCCCCCC2)cc1F. The fourth-order valence-corrected chi connectivity index (χ4v) is 3.27. The van der Waals surface area contributed by atoms with Gasteiger partial charge in [-0.05, 0) is 36.5 Å². The van der Waals surface area contributed by atoms with E-state index in [0.29, 0.717) is 5.92 Å². The number of hydrogen-bond donors (Lipinski definition) is 1. The van der Waals surface area contributed by atoms with E-state index < -0.39 is 5.82 Å². The molecule has 2 rings (SSSR count). The molecule has 0 aromatic heterocycles. The normalized spacial score (nSPS) is 20.1. The maximum atomic E-state index is 13.5. The van der Waals surface area contributed by atoms with Crippen molar-refractivity contribution < 1.29 is 9.50 Å². The Kier molecular flexibility index (Phi) is 6.35. The second-order valence-electron chi connectivity index (χ2n) is 6.17. The molecule has 20 heavy (non-hydrogen) atoms. The van der Waals surface area contributed by atoms with Crippen molar-refractivity contribution in [1.82, 2.24) is 0 Å². The van der Waals surface area contributed by atoms with E-state index in [0.717, 1.165) is 18.4 Å². The predicted octanol–water partition coefficient (Wildman–Crippen LogP) is 5.92. The molecule has 0 unspecified atom stereocenters. The highest BCUT2D eigenvalue weighted by molar-refractivity contribution is 5.30. The Morgan fingerprint density at radius 1 is 0.800 bits per heavy atom. The Morgan fingerprint density at radius 3 is 1.80 bits per heavy atom. The van der Waals surface area contributed by atoms with Crippen molar-refractivity contribution in [1.29, 1.82) is 0 Å². The van der Waals surface area contributed by atoms with Crippen LogP contribution >= 0.6 is 0 Å². The first-order chi connectivity index (χ1) is 9.77. The molecule has 2 heteroatoms. The van der Waals surface area contributed by atoms with Crippen LogP contribution in [-0.4, -0.2) is 5.11 Å². The average molecular weight is 278 g/mol. The Bertz CT molecular complexity index is 390. The van der Waals surface area contributed by atoms with Crippen molar-refractivity contribution >= 4 is 0 Å². The Morgan fingerprint density at radius 2 is 1.30 bits per heavy atom. The lowest BCUT2D eigenvalue weighted by Crippen LogP contribution is -2.01. The summed E-state index contributed by atoms with van der Waals surface area (Å²) in [6.45, 7) is 0. The van der Waals surface area contributed by atoms with E-state index in [1.807, 2.05) is 6.07 Å². The molecule has 0 aliphatic heterocycles. The molecule has 0 heterocycles. The minimum Gasteiger partial charge on any atom is -0.505 e. The number of aromatic hydroxyl groups is 1. The summed E-state index contributed by atoms with van der Waals surface area (Å²) in [6, 6.07) is 4.93. The van der Waals surface area contributed by atoms with Gasteiger partial charge in [-0.3, -0.25) is 0 Å². The third kappa shape index (κ3) is 4.81. The van der Waals surface area contributed by atoms with E-state index in [1.54, 1.807) is 0 Å². The van der Waals surface area contributed by atoms with Crippen LogP contribution in [0.25, 0.3) is 0 Å². The zero-order chi connectivity index (χ0) is 14.2. The third-order valence-corrected chi connectivity index (χ3v) is 4.55. The van der Waals surface area contributed by atoms with Crippen LogP contribution in [0.2, 0.25) is 0 Å². The molecule has 1 nitrogen and oxygen atoms in total. The maximum absolute atomic E-state index is 13.5. The molecule has 1 aromatic carbocycles. The summed E-state index contributed by atoms with van der Waals surface area (Å²) < 4.78 is 13.5. The number of rotatable bonds is 1. The van der Waals surface area contributed by atoms with Crippen LogP contribution in [0.15, 0.2) is 18.2 Å². The van der Waals surface area contributed by atoms with Crippen LogP contribution in [0, 0.1) is 5.82 Å². The average Bonchev–Trinajstić information content (AvgIpc) is 2.43. The number of hydrogen-bond acceptors (Lipinski definition) is 1. The van der Waals surface area contributed by atoms with Crippen molar-refractivity contribution in [2.24, 2.45) is 0 Å². The zero-order valence-corrected chi connectivity index (χ0v) is 12.4. The van der Waals surface area contributed by atoms with Crippen LogP contribution < -0.4 is 0 Å². The van der Waals surface area contributed by atoms with Gasteiger partial charge in [0.1, 0.15) is 0 Å². The highest BCUT2D eigenvalue weighted by atomic mass is 19.1. The fraction of sp³-hybridized carbons (Fsp3) is 0.667. The molecule has 1 saturated carbocycles. The molecule has 0 radical (unpaired) electrons. The minimum absolute atomic E-state index is 0.234. The molecule has 1 aromatic rings. The molecular weight excluding hydrogens is 251 g/mol. The lowest BCUT2D eigenvalue weighted by atomic mass is 9.87. The molecule has 0 atom stereocenters. The summed E-state index contributed by atoms with van der Waals surface area (Å²) in [6.07, 6.45) is 14.2. The first-order valence-corrected chi connectivity index (χ1v) is 8.26. The molecule has 0 spiro atoms. The maximum Gasteiger partial charge on any atom is 0.165 e. The molecule has 0 amide bonds. The van der Waals surface area contributed by atoms with Gasteiger partial charge in [-0.25, -0.2) is 4.39 Å². The Hall–Kier alpha value is -1.05. The summed E-state index contributed by atoms with van der Waals surface area (Å²) in [7, 11) is 0. The number of halogens is 1. The van der Waals surface area contributed by atoms with E-state index >= 15 is 0 Å². The van der Waals surface area contributed by atoms with Gasteiger partial charge < -0.3 is 5.11 Å². The smallest absolute Gasteiger partial charge is 0.165 e. The van der Waals surface area contributed by atoms with Crippen LogP contribution in [0.1, 0.15) is 82.1 Å². The van der Waals surface area contributed by atoms with E-state index in [9.17, 15) is 9.50 Å². The molecule has 1 aliphatic carbocycles. The highest BCUT2D eigenvalue weighted by Crippen LogP contribution is 2.31. The van der Waals surface area contributed by atoms with Gasteiger partial charge in [0.15, 0.2) is 11.6 Å². The first kappa shape index (κ1) is 15.3. The highest BCUT2D eigenvalue weighted by Gasteiger charge is 2.14. The van der Waals surface area contributed by atoms with Gasteiger partial charge >= 0.3 is 0 Å². The van der Waals surface area contributed by atoms with Gasteiger partial charge in [0, 0.05) is 0 Å². The number of phenols is 1. The molecular formula is C18H27FO. The Labute approximate surface area is 122 Å². The lowest BCUT2D eigenvalue weighted by molar-refractivity contribution is 0.428. The Balaban J connectivity index is 1.99. The molecule has 112 valence electrons. The van der Waals surface area contributed by atoms with Gasteiger partial charge in [0.25, 0.3) is 0 Å². The first-order valence-electron chi connectivity index (χ1n) is 8.26. The van der Waals surface area contributed by atoms with Crippen LogP contribution in [0.4, 0.5) is 4.39 Å². The molecule has 1 fully saturated rings. The standard InChI is InChI=1S/C18H27FO/c19-17-14-16(12-13-18(17)20)15-10-8-6-4-2-1-3-5-7-9-11-15/h12-15,20H,1-11H2. The summed E-state index contributed by atoms with van der Waals surface area (Å²) in [5.41, 5.74) is 1.07. The van der Waals surface area contributed by atoms with Crippen LogP contribution in [0.5, 0.6) is 5.75 Å². The van der Waals surface area contributed by atoms with Crippen molar-refractivity contribution in [3.05, 3.63) is 29.6 Å². The summed E-state index contributed by atoms with van der Waals surface area (Å²) in [5.74, 6) is -0.250. The van der Waals surface area contributed by atoms with Gasteiger partial charge in [0.2, 0.25) is 0 Å². The zero-order valence-electron chi connectivity index (χ0n) is 12.4. The van der Waals surface area contributed by atoms with Crippen LogP contribution in [0.3, 0.4) is 0 Å². The van der Waals surface area contributed by atoms with Crippen molar-refractivity contribution in [3.8, 4) is 5.75 Å². The summed E-state index contributed by atoms with van der Waals surface area (Å²) >= 11 is 0. The lowest BCUT2D eigenvalue weighted by Gasteiger charge is -2.18. The largest absolute Gasteiger partial charge is 0.505 e. The topological polar surface area (TPSA) is 20.2 Å². The van der Waals surface area contributed by atoms with E-state index in [1.165, 1.54) is 69.9 Å². The van der Waals surface area contributed by atoms with E-state index in [4.69, 9.17) is 0 Å².